The van der Waals surface area contributed by atoms with Crippen molar-refractivity contribution in [2.45, 2.75) is 65.0 Å². The minimum absolute atomic E-state index is 0.148. The summed E-state index contributed by atoms with van der Waals surface area (Å²) in [5.41, 5.74) is -0.390. The number of carbonyl (C=O) groups excluding carboxylic acids is 1. The Labute approximate surface area is 123 Å². The summed E-state index contributed by atoms with van der Waals surface area (Å²) in [5, 5.41) is 0. The molecule has 0 spiro atoms. The molecule has 0 aromatic carbocycles. The molecule has 2 rings (SSSR count). The van der Waals surface area contributed by atoms with Crippen molar-refractivity contribution in [2.75, 3.05) is 26.2 Å². The quantitative estimate of drug-likeness (QED) is 0.780. The fourth-order valence-corrected chi connectivity index (χ4v) is 3.22. The van der Waals surface area contributed by atoms with E-state index in [0.29, 0.717) is 0 Å². The molecule has 0 saturated carbocycles. The Hall–Kier alpha value is -0.770. The van der Waals surface area contributed by atoms with Crippen LogP contribution in [0.15, 0.2) is 0 Å². The molecule has 4 nitrogen and oxygen atoms in total. The molecule has 0 bridgehead atoms. The highest BCUT2D eigenvalue weighted by molar-refractivity contribution is 5.68. The molecular weight excluding hydrogens is 252 g/mol. The molecule has 4 heteroatoms. The predicted molar refractivity (Wildman–Crippen MR) is 80.8 cm³/mol. The van der Waals surface area contributed by atoms with E-state index in [4.69, 9.17) is 4.74 Å². The topological polar surface area (TPSA) is 32.8 Å². The molecule has 1 unspecified atom stereocenters. The standard InChI is InChI=1S/C16H30N2O2/c1-13-6-5-9-18(13)12-14-7-10-17(11-8-14)15(19)20-16(2,3)4/h13-14H,5-12H2,1-4H3. The van der Waals surface area contributed by atoms with Crippen LogP contribution >= 0.6 is 0 Å². The van der Waals surface area contributed by atoms with Crippen LogP contribution in [0, 0.1) is 5.92 Å². The lowest BCUT2D eigenvalue weighted by molar-refractivity contribution is 0.0168. The van der Waals surface area contributed by atoms with Crippen molar-refractivity contribution in [3.8, 4) is 0 Å². The minimum atomic E-state index is -0.390. The maximum atomic E-state index is 12.0. The van der Waals surface area contributed by atoms with E-state index in [1.165, 1.54) is 25.9 Å². The number of carbonyl (C=O) groups is 1. The van der Waals surface area contributed by atoms with Gasteiger partial charge in [0.1, 0.15) is 5.60 Å². The second-order valence-corrected chi connectivity index (χ2v) is 7.40. The zero-order valence-electron chi connectivity index (χ0n) is 13.5. The van der Waals surface area contributed by atoms with E-state index in [0.717, 1.165) is 37.9 Å². The van der Waals surface area contributed by atoms with Gasteiger partial charge in [-0.2, -0.15) is 0 Å². The van der Waals surface area contributed by atoms with E-state index >= 15 is 0 Å². The van der Waals surface area contributed by atoms with Crippen LogP contribution in [-0.4, -0.2) is 53.7 Å². The molecule has 1 atom stereocenters. The number of hydrogen-bond donors (Lipinski definition) is 0. The van der Waals surface area contributed by atoms with Gasteiger partial charge in [-0.1, -0.05) is 0 Å². The molecule has 116 valence electrons. The predicted octanol–water partition coefficient (Wildman–Crippen LogP) is 3.12. The smallest absolute Gasteiger partial charge is 0.410 e. The van der Waals surface area contributed by atoms with Gasteiger partial charge < -0.3 is 14.5 Å². The fraction of sp³-hybridized carbons (Fsp3) is 0.938. The van der Waals surface area contributed by atoms with Crippen LogP contribution in [0.25, 0.3) is 0 Å². The van der Waals surface area contributed by atoms with Crippen molar-refractivity contribution in [3.05, 3.63) is 0 Å². The molecule has 1 amide bonds. The molecule has 0 aliphatic carbocycles. The van der Waals surface area contributed by atoms with Crippen LogP contribution in [-0.2, 0) is 4.74 Å². The number of nitrogens with zero attached hydrogens (tertiary/aromatic N) is 2. The molecule has 0 aromatic rings. The summed E-state index contributed by atoms with van der Waals surface area (Å²) in [6, 6.07) is 0.749. The molecule has 2 aliphatic rings. The first kappa shape index (κ1) is 15.6. The largest absolute Gasteiger partial charge is 0.444 e. The molecule has 0 radical (unpaired) electrons. The first-order valence-electron chi connectivity index (χ1n) is 8.07. The van der Waals surface area contributed by atoms with Gasteiger partial charge in [-0.3, -0.25) is 0 Å². The average Bonchev–Trinajstić information content (AvgIpc) is 2.74. The zero-order chi connectivity index (χ0) is 14.8. The van der Waals surface area contributed by atoms with Gasteiger partial charge in [0, 0.05) is 25.7 Å². The maximum absolute atomic E-state index is 12.0. The van der Waals surface area contributed by atoms with Gasteiger partial charge in [0.2, 0.25) is 0 Å². The summed E-state index contributed by atoms with van der Waals surface area (Å²) in [5.74, 6) is 0.745. The Kier molecular flexibility index (Phi) is 4.95. The Morgan fingerprint density at radius 2 is 1.80 bits per heavy atom. The summed E-state index contributed by atoms with van der Waals surface area (Å²) in [4.78, 5) is 16.5. The molecule has 2 aliphatic heterocycles. The van der Waals surface area contributed by atoms with Crippen molar-refractivity contribution in [2.24, 2.45) is 5.92 Å². The van der Waals surface area contributed by atoms with Gasteiger partial charge in [-0.25, -0.2) is 4.79 Å². The molecule has 0 N–H and O–H groups in total. The number of likely N-dealkylation sites (tertiary alicyclic amines) is 2. The lowest BCUT2D eigenvalue weighted by Crippen LogP contribution is -2.44. The highest BCUT2D eigenvalue weighted by Crippen LogP contribution is 2.24. The fourth-order valence-electron chi connectivity index (χ4n) is 3.22. The minimum Gasteiger partial charge on any atom is -0.444 e. The number of hydrogen-bond acceptors (Lipinski definition) is 3. The lowest BCUT2D eigenvalue weighted by atomic mass is 9.96. The average molecular weight is 282 g/mol. The normalized spacial score (nSPS) is 26.0. The van der Waals surface area contributed by atoms with Crippen LogP contribution < -0.4 is 0 Å². The summed E-state index contributed by atoms with van der Waals surface area (Å²) in [6.45, 7) is 12.3. The summed E-state index contributed by atoms with van der Waals surface area (Å²) in [7, 11) is 0. The Balaban J connectivity index is 1.73. The third kappa shape index (κ3) is 4.37. The molecule has 20 heavy (non-hydrogen) atoms. The number of piperidine rings is 1. The van der Waals surface area contributed by atoms with Gasteiger partial charge >= 0.3 is 6.09 Å². The van der Waals surface area contributed by atoms with Crippen LogP contribution in [0.1, 0.15) is 53.4 Å². The first-order valence-corrected chi connectivity index (χ1v) is 8.07. The first-order chi connectivity index (χ1) is 9.35. The summed E-state index contributed by atoms with van der Waals surface area (Å²) in [6.07, 6.45) is 4.77. The third-order valence-corrected chi connectivity index (χ3v) is 4.45. The molecule has 2 saturated heterocycles. The van der Waals surface area contributed by atoms with Gasteiger partial charge in [0.15, 0.2) is 0 Å². The van der Waals surface area contributed by atoms with E-state index in [2.05, 4.69) is 11.8 Å². The second kappa shape index (κ2) is 6.33. The van der Waals surface area contributed by atoms with Crippen LogP contribution in [0.3, 0.4) is 0 Å². The SMILES string of the molecule is CC1CCCN1CC1CCN(C(=O)OC(C)(C)C)CC1. The summed E-state index contributed by atoms with van der Waals surface area (Å²) >= 11 is 0. The molecule has 2 fully saturated rings. The lowest BCUT2D eigenvalue weighted by Gasteiger charge is -2.35. The highest BCUT2D eigenvalue weighted by Gasteiger charge is 2.29. The molecular formula is C16H30N2O2. The van der Waals surface area contributed by atoms with E-state index in [-0.39, 0.29) is 11.7 Å². The van der Waals surface area contributed by atoms with Crippen LogP contribution in [0.5, 0.6) is 0 Å². The van der Waals surface area contributed by atoms with Crippen LogP contribution in [0.2, 0.25) is 0 Å². The highest BCUT2D eigenvalue weighted by atomic mass is 16.6. The van der Waals surface area contributed by atoms with Crippen molar-refractivity contribution < 1.29 is 9.53 Å². The van der Waals surface area contributed by atoms with E-state index < -0.39 is 0 Å². The molecule has 0 aromatic heterocycles. The molecule has 2 heterocycles. The second-order valence-electron chi connectivity index (χ2n) is 7.40. The van der Waals surface area contributed by atoms with Gasteiger partial charge in [-0.15, -0.1) is 0 Å². The van der Waals surface area contributed by atoms with E-state index in [9.17, 15) is 4.79 Å². The summed E-state index contributed by atoms with van der Waals surface area (Å²) < 4.78 is 5.44. The van der Waals surface area contributed by atoms with Gasteiger partial charge in [-0.05, 0) is 65.8 Å². The van der Waals surface area contributed by atoms with Crippen molar-refractivity contribution in [1.29, 1.82) is 0 Å². The van der Waals surface area contributed by atoms with Crippen molar-refractivity contribution >= 4 is 6.09 Å². The van der Waals surface area contributed by atoms with E-state index in [1.54, 1.807) is 0 Å². The number of ether oxygens (including phenoxy) is 1. The van der Waals surface area contributed by atoms with Gasteiger partial charge in [0.05, 0.1) is 0 Å². The van der Waals surface area contributed by atoms with Crippen LogP contribution in [0.4, 0.5) is 4.79 Å². The maximum Gasteiger partial charge on any atom is 0.410 e. The number of rotatable bonds is 2. The van der Waals surface area contributed by atoms with Crippen molar-refractivity contribution in [1.82, 2.24) is 9.80 Å². The number of amides is 1. The Bertz CT molecular complexity index is 330. The Morgan fingerprint density at radius 3 is 2.30 bits per heavy atom. The third-order valence-electron chi connectivity index (χ3n) is 4.45. The zero-order valence-corrected chi connectivity index (χ0v) is 13.5. The van der Waals surface area contributed by atoms with Crippen molar-refractivity contribution in [3.63, 3.8) is 0 Å². The van der Waals surface area contributed by atoms with E-state index in [1.807, 2.05) is 25.7 Å². The monoisotopic (exact) mass is 282 g/mol. The van der Waals surface area contributed by atoms with Gasteiger partial charge in [0.25, 0.3) is 0 Å². The Morgan fingerprint density at radius 1 is 1.15 bits per heavy atom.